The van der Waals surface area contributed by atoms with E-state index in [2.05, 4.69) is 10.5 Å². The molecule has 0 aliphatic carbocycles. The van der Waals surface area contributed by atoms with Crippen LogP contribution in [0.1, 0.15) is 17.0 Å². The van der Waals surface area contributed by atoms with Crippen LogP contribution in [-0.2, 0) is 17.8 Å². The van der Waals surface area contributed by atoms with E-state index >= 15 is 0 Å². The predicted octanol–water partition coefficient (Wildman–Crippen LogP) is 1.98. The van der Waals surface area contributed by atoms with Crippen LogP contribution in [0.15, 0.2) is 34.9 Å². The van der Waals surface area contributed by atoms with Crippen LogP contribution in [-0.4, -0.2) is 11.1 Å². The van der Waals surface area contributed by atoms with Crippen molar-refractivity contribution < 1.29 is 13.7 Å². The van der Waals surface area contributed by atoms with Gasteiger partial charge in [-0.2, -0.15) is 0 Å². The molecule has 0 saturated heterocycles. The molecule has 94 valence electrons. The van der Waals surface area contributed by atoms with Gasteiger partial charge in [0.05, 0.1) is 13.0 Å². The summed E-state index contributed by atoms with van der Waals surface area (Å²) in [4.78, 5) is 11.6. The maximum absolute atomic E-state index is 13.3. The summed E-state index contributed by atoms with van der Waals surface area (Å²) in [7, 11) is 0. The standard InChI is InChI=1S/C13H13FN2O2/c1-9-6-11(16-18-9)8-15-13(17)7-10-4-2-3-5-12(10)14/h2-6H,7-8H2,1H3,(H,15,17). The van der Waals surface area contributed by atoms with E-state index in [4.69, 9.17) is 4.52 Å². The van der Waals surface area contributed by atoms with Crippen molar-refractivity contribution in [3.63, 3.8) is 0 Å². The first-order valence-corrected chi connectivity index (χ1v) is 5.57. The minimum absolute atomic E-state index is 0.0174. The summed E-state index contributed by atoms with van der Waals surface area (Å²) in [5, 5.41) is 6.41. The second-order valence-corrected chi connectivity index (χ2v) is 3.97. The first kappa shape index (κ1) is 12.3. The molecule has 2 aromatic rings. The number of amides is 1. The van der Waals surface area contributed by atoms with Gasteiger partial charge in [0.2, 0.25) is 5.91 Å². The zero-order valence-electron chi connectivity index (χ0n) is 9.94. The lowest BCUT2D eigenvalue weighted by Crippen LogP contribution is -2.25. The van der Waals surface area contributed by atoms with E-state index in [9.17, 15) is 9.18 Å². The molecule has 5 heteroatoms. The Morgan fingerprint density at radius 2 is 2.22 bits per heavy atom. The topological polar surface area (TPSA) is 55.1 Å². The van der Waals surface area contributed by atoms with Crippen LogP contribution in [0.4, 0.5) is 4.39 Å². The Labute approximate surface area is 104 Å². The van der Waals surface area contributed by atoms with E-state index in [0.29, 0.717) is 17.0 Å². The van der Waals surface area contributed by atoms with Crippen LogP contribution in [0.3, 0.4) is 0 Å². The molecular formula is C13H13FN2O2. The second kappa shape index (κ2) is 5.44. The molecular weight excluding hydrogens is 235 g/mol. The number of hydrogen-bond donors (Lipinski definition) is 1. The quantitative estimate of drug-likeness (QED) is 0.900. The summed E-state index contributed by atoms with van der Waals surface area (Å²) in [5.74, 6) is 0.0686. The second-order valence-electron chi connectivity index (χ2n) is 3.97. The number of carbonyl (C=O) groups excluding carboxylic acids is 1. The fourth-order valence-electron chi connectivity index (χ4n) is 1.57. The Kier molecular flexibility index (Phi) is 3.72. The van der Waals surface area contributed by atoms with Gasteiger partial charge in [-0.1, -0.05) is 23.4 Å². The molecule has 1 aromatic heterocycles. The molecule has 0 unspecified atom stereocenters. The van der Waals surface area contributed by atoms with Gasteiger partial charge in [-0.15, -0.1) is 0 Å². The van der Waals surface area contributed by atoms with E-state index in [1.54, 1.807) is 31.2 Å². The van der Waals surface area contributed by atoms with Crippen molar-refractivity contribution >= 4 is 5.91 Å². The summed E-state index contributed by atoms with van der Waals surface area (Å²) in [5.41, 5.74) is 1.03. The van der Waals surface area contributed by atoms with Crippen LogP contribution in [0.5, 0.6) is 0 Å². The molecule has 1 aromatic carbocycles. The van der Waals surface area contributed by atoms with Crippen molar-refractivity contribution in [3.8, 4) is 0 Å². The Hall–Kier alpha value is -2.17. The predicted molar refractivity (Wildman–Crippen MR) is 63.2 cm³/mol. The Morgan fingerprint density at radius 1 is 1.44 bits per heavy atom. The Morgan fingerprint density at radius 3 is 2.89 bits per heavy atom. The van der Waals surface area contributed by atoms with Crippen LogP contribution in [0, 0.1) is 12.7 Å². The number of nitrogens with zero attached hydrogens (tertiary/aromatic N) is 1. The average molecular weight is 248 g/mol. The van der Waals surface area contributed by atoms with Gasteiger partial charge in [-0.25, -0.2) is 4.39 Å². The first-order valence-electron chi connectivity index (χ1n) is 5.57. The number of nitrogens with one attached hydrogen (secondary N) is 1. The summed E-state index contributed by atoms with van der Waals surface area (Å²) in [6.07, 6.45) is 0.0174. The highest BCUT2D eigenvalue weighted by molar-refractivity contribution is 5.78. The van der Waals surface area contributed by atoms with Gasteiger partial charge in [-0.3, -0.25) is 4.79 Å². The minimum Gasteiger partial charge on any atom is -0.361 e. The molecule has 18 heavy (non-hydrogen) atoms. The molecule has 1 amide bonds. The zero-order chi connectivity index (χ0) is 13.0. The maximum atomic E-state index is 13.3. The number of aryl methyl sites for hydroxylation is 1. The van der Waals surface area contributed by atoms with Crippen molar-refractivity contribution in [2.24, 2.45) is 0 Å². The van der Waals surface area contributed by atoms with E-state index in [1.807, 2.05) is 0 Å². The molecule has 0 aliphatic rings. The fraction of sp³-hybridized carbons (Fsp3) is 0.231. The number of halogens is 1. The van der Waals surface area contributed by atoms with Crippen molar-refractivity contribution in [1.82, 2.24) is 10.5 Å². The minimum atomic E-state index is -0.370. The van der Waals surface area contributed by atoms with Crippen LogP contribution < -0.4 is 5.32 Å². The summed E-state index contributed by atoms with van der Waals surface area (Å²) < 4.78 is 18.2. The summed E-state index contributed by atoms with van der Waals surface area (Å²) in [6, 6.07) is 7.96. The molecule has 1 heterocycles. The number of benzene rings is 1. The zero-order valence-corrected chi connectivity index (χ0v) is 9.94. The van der Waals surface area contributed by atoms with E-state index < -0.39 is 0 Å². The van der Waals surface area contributed by atoms with Crippen LogP contribution in [0.2, 0.25) is 0 Å². The summed E-state index contributed by atoms with van der Waals surface area (Å²) in [6.45, 7) is 2.06. The van der Waals surface area contributed by atoms with Crippen molar-refractivity contribution in [1.29, 1.82) is 0 Å². The van der Waals surface area contributed by atoms with Gasteiger partial charge in [0.1, 0.15) is 17.3 Å². The molecule has 0 saturated carbocycles. The highest BCUT2D eigenvalue weighted by atomic mass is 19.1. The molecule has 1 N–H and O–H groups in total. The van der Waals surface area contributed by atoms with Gasteiger partial charge in [0, 0.05) is 6.07 Å². The van der Waals surface area contributed by atoms with Gasteiger partial charge >= 0.3 is 0 Å². The lowest BCUT2D eigenvalue weighted by Gasteiger charge is -2.04. The first-order chi connectivity index (χ1) is 8.65. The molecule has 0 atom stereocenters. The third-order valence-corrected chi connectivity index (χ3v) is 2.45. The molecule has 0 fully saturated rings. The van der Waals surface area contributed by atoms with E-state index in [0.717, 1.165) is 0 Å². The fourth-order valence-corrected chi connectivity index (χ4v) is 1.57. The number of carbonyl (C=O) groups is 1. The molecule has 0 spiro atoms. The highest BCUT2D eigenvalue weighted by Crippen LogP contribution is 2.07. The normalized spacial score (nSPS) is 10.3. The Bertz CT molecular complexity index is 551. The average Bonchev–Trinajstić information content (AvgIpc) is 2.76. The molecule has 2 rings (SSSR count). The number of hydrogen-bond acceptors (Lipinski definition) is 3. The lowest BCUT2D eigenvalue weighted by molar-refractivity contribution is -0.120. The van der Waals surface area contributed by atoms with Crippen molar-refractivity contribution in [3.05, 3.63) is 53.2 Å². The van der Waals surface area contributed by atoms with Gasteiger partial charge in [-0.05, 0) is 18.6 Å². The molecule has 0 radical (unpaired) electrons. The van der Waals surface area contributed by atoms with Gasteiger partial charge in [0.25, 0.3) is 0 Å². The highest BCUT2D eigenvalue weighted by Gasteiger charge is 2.08. The third kappa shape index (κ3) is 3.16. The molecule has 4 nitrogen and oxygen atoms in total. The SMILES string of the molecule is Cc1cc(CNC(=O)Cc2ccccc2F)no1. The number of rotatable bonds is 4. The molecule has 0 bridgehead atoms. The number of aromatic nitrogens is 1. The van der Waals surface area contributed by atoms with E-state index in [1.165, 1.54) is 6.07 Å². The third-order valence-electron chi connectivity index (χ3n) is 2.45. The lowest BCUT2D eigenvalue weighted by atomic mass is 10.1. The summed E-state index contributed by atoms with van der Waals surface area (Å²) >= 11 is 0. The van der Waals surface area contributed by atoms with Crippen molar-refractivity contribution in [2.45, 2.75) is 19.9 Å². The van der Waals surface area contributed by atoms with E-state index in [-0.39, 0.29) is 24.7 Å². The van der Waals surface area contributed by atoms with Crippen LogP contribution in [0.25, 0.3) is 0 Å². The smallest absolute Gasteiger partial charge is 0.224 e. The monoisotopic (exact) mass is 248 g/mol. The molecule has 0 aliphatic heterocycles. The largest absolute Gasteiger partial charge is 0.361 e. The van der Waals surface area contributed by atoms with Crippen LogP contribution >= 0.6 is 0 Å². The maximum Gasteiger partial charge on any atom is 0.224 e. The van der Waals surface area contributed by atoms with Crippen molar-refractivity contribution in [2.75, 3.05) is 0 Å². The Balaban J connectivity index is 1.88. The van der Waals surface area contributed by atoms with Gasteiger partial charge < -0.3 is 9.84 Å². The van der Waals surface area contributed by atoms with Gasteiger partial charge in [0.15, 0.2) is 0 Å².